The normalized spacial score (nSPS) is 23.8. The third-order valence-corrected chi connectivity index (χ3v) is 5.63. The number of halogens is 3. The number of benzene rings is 1. The molecule has 27 heavy (non-hydrogen) atoms. The smallest absolute Gasteiger partial charge is 0.349 e. The summed E-state index contributed by atoms with van der Waals surface area (Å²) in [7, 11) is 0. The summed E-state index contributed by atoms with van der Waals surface area (Å²) in [5.41, 5.74) is 0.702. The molecule has 0 aliphatic heterocycles. The van der Waals surface area contributed by atoms with Gasteiger partial charge in [0.1, 0.15) is 0 Å². The highest BCUT2D eigenvalue weighted by molar-refractivity contribution is 6.04. The van der Waals surface area contributed by atoms with Gasteiger partial charge >= 0.3 is 6.18 Å². The molecule has 0 bridgehead atoms. The van der Waals surface area contributed by atoms with E-state index in [9.17, 15) is 22.8 Å². The molecular weight excluding hydrogens is 357 g/mol. The van der Waals surface area contributed by atoms with E-state index in [1.807, 2.05) is 0 Å². The first-order valence-electron chi connectivity index (χ1n) is 9.62. The van der Waals surface area contributed by atoms with Crippen LogP contribution in [0.25, 0.3) is 0 Å². The number of nitrogens with one attached hydrogen (secondary N) is 2. The fourth-order valence-electron chi connectivity index (χ4n) is 4.08. The van der Waals surface area contributed by atoms with Crippen molar-refractivity contribution in [2.24, 2.45) is 11.8 Å². The topological polar surface area (TPSA) is 58.2 Å². The Morgan fingerprint density at radius 2 is 1.67 bits per heavy atom. The number of hydrogen-bond acceptors (Lipinski definition) is 2. The Balaban J connectivity index is 1.66. The monoisotopic (exact) mass is 382 g/mol. The molecule has 0 aromatic heterocycles. The lowest BCUT2D eigenvalue weighted by Crippen LogP contribution is -2.35. The van der Waals surface area contributed by atoms with E-state index in [0.717, 1.165) is 25.7 Å². The van der Waals surface area contributed by atoms with Gasteiger partial charge in [0.15, 0.2) is 0 Å². The van der Waals surface area contributed by atoms with Gasteiger partial charge < -0.3 is 10.6 Å². The maximum Gasteiger partial charge on any atom is 0.391 e. The van der Waals surface area contributed by atoms with Gasteiger partial charge in [-0.05, 0) is 44.2 Å². The lowest BCUT2D eigenvalue weighted by molar-refractivity contribution is -0.185. The molecule has 148 valence electrons. The van der Waals surface area contributed by atoms with Gasteiger partial charge in [-0.3, -0.25) is 9.59 Å². The van der Waals surface area contributed by atoms with E-state index >= 15 is 0 Å². The van der Waals surface area contributed by atoms with Crippen LogP contribution in [0, 0.1) is 11.8 Å². The first-order chi connectivity index (χ1) is 12.8. The van der Waals surface area contributed by atoms with Crippen LogP contribution in [0.15, 0.2) is 24.3 Å². The minimum absolute atomic E-state index is 0.0770. The highest BCUT2D eigenvalue weighted by Gasteiger charge is 2.43. The van der Waals surface area contributed by atoms with Crippen LogP contribution in [0.2, 0.25) is 0 Å². The van der Waals surface area contributed by atoms with Crippen LogP contribution in [0.4, 0.5) is 18.9 Å². The molecule has 1 aromatic rings. The van der Waals surface area contributed by atoms with E-state index in [1.165, 1.54) is 0 Å². The van der Waals surface area contributed by atoms with Crippen LogP contribution in [0.1, 0.15) is 61.7 Å². The molecule has 0 heterocycles. The van der Waals surface area contributed by atoms with E-state index in [-0.39, 0.29) is 24.8 Å². The number of carbonyl (C=O) groups excluding carboxylic acids is 2. The summed E-state index contributed by atoms with van der Waals surface area (Å²) in [4.78, 5) is 25.1. The number of anilines is 1. The van der Waals surface area contributed by atoms with E-state index in [4.69, 9.17) is 0 Å². The van der Waals surface area contributed by atoms with Crippen molar-refractivity contribution >= 4 is 17.5 Å². The van der Waals surface area contributed by atoms with Crippen molar-refractivity contribution in [2.75, 3.05) is 5.32 Å². The van der Waals surface area contributed by atoms with Crippen LogP contribution in [-0.4, -0.2) is 24.0 Å². The third-order valence-electron chi connectivity index (χ3n) is 5.63. The standard InChI is InChI=1S/C20H25F3N2O2/c21-20(22,23)14-7-5-6-13(12-14)18(26)25-17-11-4-3-10-16(17)19(27)24-15-8-1-2-9-15/h3-4,10-11,13-15H,1-2,5-9,12H2,(H,24,27)(H,25,26)/t13-,14-/m1/s1. The molecular formula is C20H25F3N2O2. The Morgan fingerprint density at radius 1 is 0.963 bits per heavy atom. The molecule has 0 saturated heterocycles. The van der Waals surface area contributed by atoms with Crippen LogP contribution < -0.4 is 10.6 Å². The van der Waals surface area contributed by atoms with Crippen molar-refractivity contribution < 1.29 is 22.8 Å². The van der Waals surface area contributed by atoms with Gasteiger partial charge in [0, 0.05) is 12.0 Å². The van der Waals surface area contributed by atoms with Gasteiger partial charge in [0.25, 0.3) is 5.91 Å². The predicted molar refractivity (Wildman–Crippen MR) is 96.3 cm³/mol. The average molecular weight is 382 g/mol. The molecule has 0 spiro atoms. The molecule has 4 nitrogen and oxygen atoms in total. The number of rotatable bonds is 4. The number of amides is 2. The lowest BCUT2D eigenvalue weighted by Gasteiger charge is -2.29. The number of hydrogen-bond donors (Lipinski definition) is 2. The van der Waals surface area contributed by atoms with Crippen molar-refractivity contribution in [3.63, 3.8) is 0 Å². The van der Waals surface area contributed by atoms with Gasteiger partial charge in [0.05, 0.1) is 17.2 Å². The molecule has 2 amide bonds. The lowest BCUT2D eigenvalue weighted by atomic mass is 9.80. The maximum atomic E-state index is 13.0. The highest BCUT2D eigenvalue weighted by atomic mass is 19.4. The van der Waals surface area contributed by atoms with E-state index < -0.39 is 23.9 Å². The van der Waals surface area contributed by atoms with Gasteiger partial charge in [0.2, 0.25) is 5.91 Å². The van der Waals surface area contributed by atoms with E-state index in [2.05, 4.69) is 10.6 Å². The van der Waals surface area contributed by atoms with Gasteiger partial charge in [-0.1, -0.05) is 31.4 Å². The molecule has 0 radical (unpaired) electrons. The fourth-order valence-corrected chi connectivity index (χ4v) is 4.08. The zero-order valence-corrected chi connectivity index (χ0v) is 15.1. The Morgan fingerprint density at radius 3 is 2.37 bits per heavy atom. The Hall–Kier alpha value is -2.05. The van der Waals surface area contributed by atoms with Gasteiger partial charge in [-0.25, -0.2) is 0 Å². The molecule has 0 unspecified atom stereocenters. The van der Waals surface area contributed by atoms with Crippen molar-refractivity contribution in [1.29, 1.82) is 0 Å². The van der Waals surface area contributed by atoms with Crippen LogP contribution >= 0.6 is 0 Å². The second-order valence-electron chi connectivity index (χ2n) is 7.59. The van der Waals surface area contributed by atoms with E-state index in [1.54, 1.807) is 24.3 Å². The molecule has 2 aliphatic carbocycles. The second-order valence-corrected chi connectivity index (χ2v) is 7.59. The zero-order valence-electron chi connectivity index (χ0n) is 15.1. The summed E-state index contributed by atoms with van der Waals surface area (Å²) in [5, 5.41) is 5.67. The summed E-state index contributed by atoms with van der Waals surface area (Å²) in [5.74, 6) is -2.81. The molecule has 2 aliphatic rings. The third kappa shape index (κ3) is 5.02. The quantitative estimate of drug-likeness (QED) is 0.795. The SMILES string of the molecule is O=C(NC1CCCC1)c1ccccc1NC(=O)[C@@H]1CCC[C@@H](C(F)(F)F)C1. The zero-order chi connectivity index (χ0) is 19.4. The van der Waals surface area contributed by atoms with Crippen LogP contribution in [0.5, 0.6) is 0 Å². The molecule has 7 heteroatoms. The molecule has 3 rings (SSSR count). The highest BCUT2D eigenvalue weighted by Crippen LogP contribution is 2.40. The summed E-state index contributed by atoms with van der Waals surface area (Å²) in [6.07, 6.45) is 0.511. The Labute approximate surface area is 156 Å². The Kier molecular flexibility index (Phi) is 6.07. The minimum Gasteiger partial charge on any atom is -0.349 e. The molecule has 2 atom stereocenters. The minimum atomic E-state index is -4.27. The van der Waals surface area contributed by atoms with Crippen molar-refractivity contribution in [3.8, 4) is 0 Å². The molecule has 2 fully saturated rings. The van der Waals surface area contributed by atoms with Crippen molar-refractivity contribution in [2.45, 2.75) is 63.6 Å². The van der Waals surface area contributed by atoms with Gasteiger partial charge in [-0.15, -0.1) is 0 Å². The molecule has 1 aromatic carbocycles. The van der Waals surface area contributed by atoms with Crippen molar-refractivity contribution in [3.05, 3.63) is 29.8 Å². The number of carbonyl (C=O) groups is 2. The van der Waals surface area contributed by atoms with Gasteiger partial charge in [-0.2, -0.15) is 13.2 Å². The maximum absolute atomic E-state index is 13.0. The Bertz CT molecular complexity index is 684. The van der Waals surface area contributed by atoms with Crippen LogP contribution in [0.3, 0.4) is 0 Å². The first-order valence-corrected chi connectivity index (χ1v) is 9.62. The summed E-state index contributed by atoms with van der Waals surface area (Å²) >= 11 is 0. The molecule has 2 saturated carbocycles. The average Bonchev–Trinajstić information content (AvgIpc) is 3.14. The fraction of sp³-hybridized carbons (Fsp3) is 0.600. The summed E-state index contributed by atoms with van der Waals surface area (Å²) < 4.78 is 39.0. The first kappa shape index (κ1) is 19.7. The predicted octanol–water partition coefficient (Wildman–Crippen LogP) is 4.67. The second kappa shape index (κ2) is 8.31. The van der Waals surface area contributed by atoms with Crippen LogP contribution in [-0.2, 0) is 4.79 Å². The number of alkyl halides is 3. The number of para-hydroxylation sites is 1. The largest absolute Gasteiger partial charge is 0.391 e. The van der Waals surface area contributed by atoms with E-state index in [0.29, 0.717) is 24.1 Å². The van der Waals surface area contributed by atoms with Crippen molar-refractivity contribution in [1.82, 2.24) is 5.32 Å². The summed E-state index contributed by atoms with van der Waals surface area (Å²) in [6, 6.07) is 6.79. The summed E-state index contributed by atoms with van der Waals surface area (Å²) in [6.45, 7) is 0. The molecule has 2 N–H and O–H groups in total.